The van der Waals surface area contributed by atoms with Gasteiger partial charge in [-0.2, -0.15) is 11.8 Å². The molecule has 3 nitrogen and oxygen atoms in total. The molecule has 0 atom stereocenters. The number of nitrogens with one attached hydrogen (secondary N) is 1. The summed E-state index contributed by atoms with van der Waals surface area (Å²) < 4.78 is 13.2. The van der Waals surface area contributed by atoms with Crippen molar-refractivity contribution < 1.29 is 14.3 Å². The standard InChI is InChI=1S/C13H17ClFNO2S/c1-9-7-10(11(14)8-12(9)15)13(18)16-3-6-19-5-2-4-17/h7-8,17H,2-6H2,1H3,(H,16,18). The van der Waals surface area contributed by atoms with Crippen LogP contribution in [0.15, 0.2) is 12.1 Å². The van der Waals surface area contributed by atoms with Crippen molar-refractivity contribution in [1.29, 1.82) is 0 Å². The molecule has 1 amide bonds. The van der Waals surface area contributed by atoms with E-state index < -0.39 is 5.82 Å². The number of carbonyl (C=O) groups excluding carboxylic acids is 1. The fourth-order valence-corrected chi connectivity index (χ4v) is 2.45. The zero-order valence-corrected chi connectivity index (χ0v) is 12.3. The molecular weight excluding hydrogens is 289 g/mol. The molecule has 0 aliphatic carbocycles. The summed E-state index contributed by atoms with van der Waals surface area (Å²) in [6.07, 6.45) is 0.752. The molecule has 19 heavy (non-hydrogen) atoms. The van der Waals surface area contributed by atoms with Crippen molar-refractivity contribution in [3.8, 4) is 0 Å². The zero-order valence-electron chi connectivity index (χ0n) is 10.7. The highest BCUT2D eigenvalue weighted by Gasteiger charge is 2.12. The van der Waals surface area contributed by atoms with Gasteiger partial charge in [0.1, 0.15) is 5.82 Å². The van der Waals surface area contributed by atoms with E-state index in [9.17, 15) is 9.18 Å². The minimum atomic E-state index is -0.416. The molecule has 0 saturated heterocycles. The van der Waals surface area contributed by atoms with E-state index >= 15 is 0 Å². The van der Waals surface area contributed by atoms with E-state index in [2.05, 4.69) is 5.32 Å². The Morgan fingerprint density at radius 2 is 2.21 bits per heavy atom. The maximum absolute atomic E-state index is 13.2. The van der Waals surface area contributed by atoms with Crippen LogP contribution in [-0.2, 0) is 0 Å². The van der Waals surface area contributed by atoms with Crippen LogP contribution in [0.1, 0.15) is 22.3 Å². The summed E-state index contributed by atoms with van der Waals surface area (Å²) >= 11 is 7.50. The number of aliphatic hydroxyl groups excluding tert-OH is 1. The number of carbonyl (C=O) groups is 1. The zero-order chi connectivity index (χ0) is 14.3. The topological polar surface area (TPSA) is 49.3 Å². The largest absolute Gasteiger partial charge is 0.396 e. The van der Waals surface area contributed by atoms with Crippen molar-refractivity contribution in [2.24, 2.45) is 0 Å². The number of thioether (sulfide) groups is 1. The van der Waals surface area contributed by atoms with Gasteiger partial charge in [-0.3, -0.25) is 4.79 Å². The molecule has 0 aliphatic rings. The molecule has 106 valence electrons. The highest BCUT2D eigenvalue weighted by molar-refractivity contribution is 7.99. The quantitative estimate of drug-likeness (QED) is 0.761. The van der Waals surface area contributed by atoms with Crippen LogP contribution in [0.3, 0.4) is 0 Å². The van der Waals surface area contributed by atoms with Crippen molar-refractivity contribution in [2.45, 2.75) is 13.3 Å². The second kappa shape index (κ2) is 8.40. The Morgan fingerprint density at radius 1 is 1.47 bits per heavy atom. The smallest absolute Gasteiger partial charge is 0.252 e. The number of hydrogen-bond donors (Lipinski definition) is 2. The Kier molecular flexibility index (Phi) is 7.20. The number of rotatable bonds is 7. The first-order chi connectivity index (χ1) is 9.06. The summed E-state index contributed by atoms with van der Waals surface area (Å²) in [6.45, 7) is 2.29. The van der Waals surface area contributed by atoms with Crippen LogP contribution in [0.5, 0.6) is 0 Å². The Bertz CT molecular complexity index is 443. The molecule has 1 aromatic rings. The Hall–Kier alpha value is -0.780. The van der Waals surface area contributed by atoms with E-state index in [1.165, 1.54) is 6.07 Å². The Morgan fingerprint density at radius 3 is 2.89 bits per heavy atom. The molecule has 1 aromatic carbocycles. The van der Waals surface area contributed by atoms with Crippen molar-refractivity contribution in [3.05, 3.63) is 34.1 Å². The molecule has 0 fully saturated rings. The second-order valence-electron chi connectivity index (χ2n) is 4.03. The van der Waals surface area contributed by atoms with Gasteiger partial charge in [-0.1, -0.05) is 11.6 Å². The van der Waals surface area contributed by atoms with Gasteiger partial charge in [0.2, 0.25) is 0 Å². The molecule has 1 rings (SSSR count). The molecule has 0 saturated carbocycles. The van der Waals surface area contributed by atoms with Crippen LogP contribution >= 0.6 is 23.4 Å². The van der Waals surface area contributed by atoms with E-state index in [0.717, 1.165) is 24.0 Å². The molecule has 6 heteroatoms. The summed E-state index contributed by atoms with van der Waals surface area (Å²) in [5, 5.41) is 11.5. The lowest BCUT2D eigenvalue weighted by Crippen LogP contribution is -2.26. The number of aliphatic hydroxyl groups is 1. The predicted octanol–water partition coefficient (Wildman–Crippen LogP) is 2.63. The maximum Gasteiger partial charge on any atom is 0.252 e. The summed E-state index contributed by atoms with van der Waals surface area (Å²) in [5.74, 6) is 0.920. The summed E-state index contributed by atoms with van der Waals surface area (Å²) in [6, 6.07) is 2.60. The Balaban J connectivity index is 2.43. The van der Waals surface area contributed by atoms with Gasteiger partial charge in [-0.05, 0) is 36.8 Å². The van der Waals surface area contributed by atoms with Crippen LogP contribution in [0.25, 0.3) is 0 Å². The summed E-state index contributed by atoms with van der Waals surface area (Å²) in [7, 11) is 0. The van der Waals surface area contributed by atoms with Gasteiger partial charge in [0.05, 0.1) is 10.6 Å². The molecule has 0 heterocycles. The normalized spacial score (nSPS) is 10.5. The fraction of sp³-hybridized carbons (Fsp3) is 0.462. The van der Waals surface area contributed by atoms with Gasteiger partial charge in [0, 0.05) is 18.9 Å². The lowest BCUT2D eigenvalue weighted by atomic mass is 10.1. The molecule has 0 unspecified atom stereocenters. The maximum atomic E-state index is 13.2. The van der Waals surface area contributed by atoms with Crippen LogP contribution < -0.4 is 5.32 Å². The van der Waals surface area contributed by atoms with E-state index in [1.54, 1.807) is 18.7 Å². The van der Waals surface area contributed by atoms with Gasteiger partial charge >= 0.3 is 0 Å². The highest BCUT2D eigenvalue weighted by Crippen LogP contribution is 2.20. The average Bonchev–Trinajstić information content (AvgIpc) is 2.37. The number of hydrogen-bond acceptors (Lipinski definition) is 3. The third-order valence-electron chi connectivity index (χ3n) is 2.47. The molecule has 2 N–H and O–H groups in total. The van der Waals surface area contributed by atoms with Crippen LogP contribution in [0.2, 0.25) is 5.02 Å². The van der Waals surface area contributed by atoms with Crippen molar-refractivity contribution >= 4 is 29.3 Å². The molecule has 0 aromatic heterocycles. The molecular formula is C13H17ClFNO2S. The second-order valence-corrected chi connectivity index (χ2v) is 5.66. The highest BCUT2D eigenvalue weighted by atomic mass is 35.5. The lowest BCUT2D eigenvalue weighted by Gasteiger charge is -2.08. The number of benzene rings is 1. The lowest BCUT2D eigenvalue weighted by molar-refractivity contribution is 0.0956. The minimum absolute atomic E-state index is 0.119. The van der Waals surface area contributed by atoms with Gasteiger partial charge in [0.25, 0.3) is 5.91 Å². The molecule has 0 radical (unpaired) electrons. The SMILES string of the molecule is Cc1cc(C(=O)NCCSCCCO)c(Cl)cc1F. The molecule has 0 spiro atoms. The fourth-order valence-electron chi connectivity index (χ4n) is 1.43. The first-order valence-electron chi connectivity index (χ1n) is 5.98. The van der Waals surface area contributed by atoms with E-state index in [1.807, 2.05) is 0 Å². The van der Waals surface area contributed by atoms with Crippen LogP contribution in [0, 0.1) is 12.7 Å². The first kappa shape index (κ1) is 16.3. The minimum Gasteiger partial charge on any atom is -0.396 e. The van der Waals surface area contributed by atoms with Crippen LogP contribution in [0.4, 0.5) is 4.39 Å². The molecule has 0 aliphatic heterocycles. The van der Waals surface area contributed by atoms with E-state index in [-0.39, 0.29) is 17.5 Å². The van der Waals surface area contributed by atoms with Crippen LogP contribution in [-0.4, -0.2) is 35.7 Å². The summed E-state index contributed by atoms with van der Waals surface area (Å²) in [5.41, 5.74) is 0.688. The van der Waals surface area contributed by atoms with Gasteiger partial charge < -0.3 is 10.4 Å². The van der Waals surface area contributed by atoms with Crippen molar-refractivity contribution in [1.82, 2.24) is 5.32 Å². The average molecular weight is 306 g/mol. The van der Waals surface area contributed by atoms with Gasteiger partial charge in [0.15, 0.2) is 0 Å². The van der Waals surface area contributed by atoms with Gasteiger partial charge in [-0.15, -0.1) is 0 Å². The third kappa shape index (κ3) is 5.38. The van der Waals surface area contributed by atoms with E-state index in [4.69, 9.17) is 16.7 Å². The summed E-state index contributed by atoms with van der Waals surface area (Å²) in [4.78, 5) is 11.9. The monoisotopic (exact) mass is 305 g/mol. The van der Waals surface area contributed by atoms with E-state index in [0.29, 0.717) is 17.7 Å². The first-order valence-corrected chi connectivity index (χ1v) is 7.52. The molecule has 0 bridgehead atoms. The number of amides is 1. The third-order valence-corrected chi connectivity index (χ3v) is 3.85. The number of aryl methyl sites for hydroxylation is 1. The van der Waals surface area contributed by atoms with Crippen molar-refractivity contribution in [2.75, 3.05) is 24.7 Å². The predicted molar refractivity (Wildman–Crippen MR) is 77.5 cm³/mol. The van der Waals surface area contributed by atoms with Crippen molar-refractivity contribution in [3.63, 3.8) is 0 Å². The Labute approximate surface area is 121 Å². The number of halogens is 2. The van der Waals surface area contributed by atoms with Gasteiger partial charge in [-0.25, -0.2) is 4.39 Å².